The highest BCUT2D eigenvalue weighted by molar-refractivity contribution is 7.92. The van der Waals surface area contributed by atoms with Gasteiger partial charge >= 0.3 is 0 Å². The minimum atomic E-state index is -3.26. The van der Waals surface area contributed by atoms with Crippen LogP contribution in [0.4, 0.5) is 5.69 Å². The smallest absolute Gasteiger partial charge is 0.229 e. The SMILES string of the molecule is CCc1ccc(CN[C@H](C)c2cccc(NS(C)(=O)=O)c2)o1. The lowest BCUT2D eigenvalue weighted by atomic mass is 10.1. The first kappa shape index (κ1) is 16.6. The van der Waals surface area contributed by atoms with Crippen LogP contribution in [0.25, 0.3) is 0 Å². The molecule has 0 unspecified atom stereocenters. The summed E-state index contributed by atoms with van der Waals surface area (Å²) in [7, 11) is -3.26. The Hall–Kier alpha value is -1.79. The summed E-state index contributed by atoms with van der Waals surface area (Å²) in [5.74, 6) is 1.87. The summed E-state index contributed by atoms with van der Waals surface area (Å²) >= 11 is 0. The second-order valence-electron chi connectivity index (χ2n) is 5.32. The van der Waals surface area contributed by atoms with Gasteiger partial charge in [-0.2, -0.15) is 0 Å². The van der Waals surface area contributed by atoms with Gasteiger partial charge in [-0.05, 0) is 36.8 Å². The van der Waals surface area contributed by atoms with Crippen LogP contribution < -0.4 is 10.0 Å². The number of anilines is 1. The van der Waals surface area contributed by atoms with E-state index in [1.807, 2.05) is 37.3 Å². The molecule has 0 aliphatic rings. The fourth-order valence-corrected chi connectivity index (χ4v) is 2.72. The highest BCUT2D eigenvalue weighted by Gasteiger charge is 2.09. The summed E-state index contributed by atoms with van der Waals surface area (Å²) in [5, 5.41) is 3.37. The van der Waals surface area contributed by atoms with Crippen molar-refractivity contribution in [2.45, 2.75) is 32.9 Å². The third-order valence-corrected chi connectivity index (χ3v) is 3.94. The Kier molecular flexibility index (Phi) is 5.26. The van der Waals surface area contributed by atoms with Crippen LogP contribution in [0.3, 0.4) is 0 Å². The summed E-state index contributed by atoms with van der Waals surface area (Å²) in [6.07, 6.45) is 2.03. The van der Waals surface area contributed by atoms with Crippen LogP contribution in [0.5, 0.6) is 0 Å². The molecular formula is C16H22N2O3S. The van der Waals surface area contributed by atoms with E-state index in [9.17, 15) is 8.42 Å². The molecule has 2 N–H and O–H groups in total. The molecule has 2 aromatic rings. The normalized spacial score (nSPS) is 13.0. The van der Waals surface area contributed by atoms with Gasteiger partial charge in [-0.3, -0.25) is 4.72 Å². The van der Waals surface area contributed by atoms with Crippen LogP contribution in [0.2, 0.25) is 0 Å². The molecule has 1 atom stereocenters. The van der Waals surface area contributed by atoms with Crippen LogP contribution in [-0.2, 0) is 23.0 Å². The Morgan fingerprint density at radius 2 is 1.91 bits per heavy atom. The van der Waals surface area contributed by atoms with E-state index in [1.165, 1.54) is 0 Å². The minimum Gasteiger partial charge on any atom is -0.465 e. The summed E-state index contributed by atoms with van der Waals surface area (Å²) in [6, 6.07) is 11.4. The van der Waals surface area contributed by atoms with Crippen molar-refractivity contribution < 1.29 is 12.8 Å². The Balaban J connectivity index is 1.99. The Bertz CT molecular complexity index is 722. The number of hydrogen-bond donors (Lipinski definition) is 2. The lowest BCUT2D eigenvalue weighted by Crippen LogP contribution is -2.18. The molecule has 0 spiro atoms. The molecule has 5 nitrogen and oxygen atoms in total. The Labute approximate surface area is 131 Å². The molecule has 1 heterocycles. The molecule has 0 fully saturated rings. The number of sulfonamides is 1. The molecule has 0 saturated heterocycles. The van der Waals surface area contributed by atoms with Crippen LogP contribution >= 0.6 is 0 Å². The van der Waals surface area contributed by atoms with Crippen molar-refractivity contribution in [3.63, 3.8) is 0 Å². The third-order valence-electron chi connectivity index (χ3n) is 3.34. The molecule has 22 heavy (non-hydrogen) atoms. The number of benzene rings is 1. The number of aryl methyl sites for hydroxylation is 1. The quantitative estimate of drug-likeness (QED) is 0.822. The predicted molar refractivity (Wildman–Crippen MR) is 88.2 cm³/mol. The van der Waals surface area contributed by atoms with Crippen molar-refractivity contribution in [3.05, 3.63) is 53.5 Å². The van der Waals surface area contributed by atoms with E-state index < -0.39 is 10.0 Å². The van der Waals surface area contributed by atoms with Gasteiger partial charge in [0, 0.05) is 18.2 Å². The molecule has 1 aromatic heterocycles. The lowest BCUT2D eigenvalue weighted by Gasteiger charge is -2.15. The van der Waals surface area contributed by atoms with E-state index in [4.69, 9.17) is 4.42 Å². The van der Waals surface area contributed by atoms with Crippen LogP contribution in [0.15, 0.2) is 40.8 Å². The van der Waals surface area contributed by atoms with Gasteiger partial charge in [-0.1, -0.05) is 19.1 Å². The second-order valence-corrected chi connectivity index (χ2v) is 7.07. The maximum atomic E-state index is 11.3. The van der Waals surface area contributed by atoms with Crippen LogP contribution in [0.1, 0.15) is 37.0 Å². The van der Waals surface area contributed by atoms with Gasteiger partial charge in [0.1, 0.15) is 11.5 Å². The molecule has 6 heteroatoms. The van der Waals surface area contributed by atoms with E-state index in [-0.39, 0.29) is 6.04 Å². The number of furan rings is 1. The van der Waals surface area contributed by atoms with E-state index in [1.54, 1.807) is 6.07 Å². The van der Waals surface area contributed by atoms with Crippen LogP contribution in [-0.4, -0.2) is 14.7 Å². The second kappa shape index (κ2) is 6.98. The minimum absolute atomic E-state index is 0.0801. The molecule has 0 saturated carbocycles. The standard InChI is InChI=1S/C16H22N2O3S/c1-4-15-8-9-16(21-15)11-17-12(2)13-6-5-7-14(10-13)18-22(3,19)20/h5-10,12,17-18H,4,11H2,1-3H3/t12-/m1/s1. The Morgan fingerprint density at radius 1 is 1.18 bits per heavy atom. The maximum absolute atomic E-state index is 11.3. The van der Waals surface area contributed by atoms with Gasteiger partial charge in [-0.25, -0.2) is 8.42 Å². The van der Waals surface area contributed by atoms with E-state index in [0.29, 0.717) is 12.2 Å². The molecular weight excluding hydrogens is 300 g/mol. The highest BCUT2D eigenvalue weighted by atomic mass is 32.2. The topological polar surface area (TPSA) is 71.3 Å². The monoisotopic (exact) mass is 322 g/mol. The summed E-state index contributed by atoms with van der Waals surface area (Å²) < 4.78 is 30.7. The van der Waals surface area contributed by atoms with Gasteiger partial charge in [0.2, 0.25) is 10.0 Å². The van der Waals surface area contributed by atoms with Gasteiger partial charge in [0.25, 0.3) is 0 Å². The highest BCUT2D eigenvalue weighted by Crippen LogP contribution is 2.19. The molecule has 1 aromatic carbocycles. The largest absolute Gasteiger partial charge is 0.465 e. The summed E-state index contributed by atoms with van der Waals surface area (Å²) in [5.41, 5.74) is 1.58. The molecule has 0 amide bonds. The first-order valence-corrected chi connectivity index (χ1v) is 9.15. The summed E-state index contributed by atoms with van der Waals surface area (Å²) in [6.45, 7) is 4.72. The number of nitrogens with one attached hydrogen (secondary N) is 2. The van der Waals surface area contributed by atoms with E-state index >= 15 is 0 Å². The zero-order valence-electron chi connectivity index (χ0n) is 13.1. The van der Waals surface area contributed by atoms with Crippen LogP contribution in [0, 0.1) is 0 Å². The molecule has 0 radical (unpaired) electrons. The van der Waals surface area contributed by atoms with Crippen molar-refractivity contribution in [2.75, 3.05) is 11.0 Å². The average Bonchev–Trinajstić information content (AvgIpc) is 2.91. The van der Waals surface area contributed by atoms with E-state index in [0.717, 1.165) is 29.8 Å². The van der Waals surface area contributed by atoms with Crippen molar-refractivity contribution in [2.24, 2.45) is 0 Å². The van der Waals surface area contributed by atoms with Gasteiger partial charge in [-0.15, -0.1) is 0 Å². The fraction of sp³-hybridized carbons (Fsp3) is 0.375. The average molecular weight is 322 g/mol. The molecule has 2 rings (SSSR count). The third kappa shape index (κ3) is 4.89. The Morgan fingerprint density at radius 3 is 2.55 bits per heavy atom. The number of rotatable bonds is 7. The molecule has 0 aliphatic heterocycles. The zero-order valence-corrected chi connectivity index (χ0v) is 13.9. The van der Waals surface area contributed by atoms with Crippen molar-refractivity contribution >= 4 is 15.7 Å². The first-order valence-electron chi connectivity index (χ1n) is 7.26. The number of hydrogen-bond acceptors (Lipinski definition) is 4. The zero-order chi connectivity index (χ0) is 16.2. The predicted octanol–water partition coefficient (Wildman–Crippen LogP) is 3.06. The van der Waals surface area contributed by atoms with Crippen molar-refractivity contribution in [1.29, 1.82) is 0 Å². The first-order chi connectivity index (χ1) is 10.4. The lowest BCUT2D eigenvalue weighted by molar-refractivity contribution is 0.435. The van der Waals surface area contributed by atoms with Gasteiger partial charge < -0.3 is 9.73 Å². The van der Waals surface area contributed by atoms with Gasteiger partial charge in [0.15, 0.2) is 0 Å². The van der Waals surface area contributed by atoms with Crippen molar-refractivity contribution in [1.82, 2.24) is 5.32 Å². The molecule has 120 valence electrons. The van der Waals surface area contributed by atoms with Crippen molar-refractivity contribution in [3.8, 4) is 0 Å². The summed E-state index contributed by atoms with van der Waals surface area (Å²) in [4.78, 5) is 0. The van der Waals surface area contributed by atoms with Gasteiger partial charge in [0.05, 0.1) is 12.8 Å². The fourth-order valence-electron chi connectivity index (χ4n) is 2.16. The maximum Gasteiger partial charge on any atom is 0.229 e. The molecule has 0 aliphatic carbocycles. The molecule has 0 bridgehead atoms. The van der Waals surface area contributed by atoms with E-state index in [2.05, 4.69) is 17.0 Å².